The highest BCUT2D eigenvalue weighted by Gasteiger charge is 2.39. The molecule has 0 aromatic heterocycles. The van der Waals surface area contributed by atoms with Crippen LogP contribution in [0.15, 0.2) is 84.6 Å². The molecule has 5 rings (SSSR count). The second-order valence-corrected chi connectivity index (χ2v) is 9.14. The number of piperidine rings is 1. The van der Waals surface area contributed by atoms with Gasteiger partial charge in [0.25, 0.3) is 11.8 Å². The molecule has 0 aliphatic carbocycles. The van der Waals surface area contributed by atoms with Crippen LogP contribution in [0.1, 0.15) is 30.4 Å². The third-order valence-electron chi connectivity index (χ3n) is 6.68. The van der Waals surface area contributed by atoms with Crippen molar-refractivity contribution in [1.29, 1.82) is 5.26 Å². The SMILES string of the molecule is N#Cc1ccccc1Oc1ccc(NC2=C(c3ccccc3)C(=O)N(CCN3CCCCC3)C2=O)cc1. The topological polar surface area (TPSA) is 85.7 Å². The molecule has 186 valence electrons. The quantitative estimate of drug-likeness (QED) is 0.444. The van der Waals surface area contributed by atoms with Gasteiger partial charge >= 0.3 is 0 Å². The van der Waals surface area contributed by atoms with E-state index in [2.05, 4.69) is 16.3 Å². The van der Waals surface area contributed by atoms with Gasteiger partial charge in [0, 0.05) is 18.8 Å². The number of nitrogens with zero attached hydrogens (tertiary/aromatic N) is 3. The monoisotopic (exact) mass is 492 g/mol. The number of hydrogen-bond donors (Lipinski definition) is 1. The molecular weight excluding hydrogens is 464 g/mol. The van der Waals surface area contributed by atoms with E-state index in [9.17, 15) is 14.9 Å². The van der Waals surface area contributed by atoms with Gasteiger partial charge in [-0.25, -0.2) is 0 Å². The third-order valence-corrected chi connectivity index (χ3v) is 6.68. The van der Waals surface area contributed by atoms with Crippen molar-refractivity contribution in [3.63, 3.8) is 0 Å². The van der Waals surface area contributed by atoms with Gasteiger partial charge in [-0.2, -0.15) is 5.26 Å². The third kappa shape index (κ3) is 5.40. The lowest BCUT2D eigenvalue weighted by atomic mass is 10.0. The number of rotatable bonds is 8. The van der Waals surface area contributed by atoms with Crippen molar-refractivity contribution in [3.05, 3.63) is 95.7 Å². The highest BCUT2D eigenvalue weighted by atomic mass is 16.5. The number of carbonyl (C=O) groups is 2. The van der Waals surface area contributed by atoms with E-state index in [0.717, 1.165) is 25.9 Å². The molecule has 7 heteroatoms. The van der Waals surface area contributed by atoms with Gasteiger partial charge in [0.1, 0.15) is 23.3 Å². The summed E-state index contributed by atoms with van der Waals surface area (Å²) >= 11 is 0. The molecule has 2 amide bonds. The molecule has 1 fully saturated rings. The van der Waals surface area contributed by atoms with Crippen LogP contribution in [0.2, 0.25) is 0 Å². The van der Waals surface area contributed by atoms with Gasteiger partial charge in [0.15, 0.2) is 0 Å². The molecule has 3 aromatic rings. The smallest absolute Gasteiger partial charge is 0.278 e. The number of anilines is 1. The molecule has 1 saturated heterocycles. The standard InChI is InChI=1S/C30H28N4O3/c31-21-23-11-5-6-12-26(23)37-25-15-13-24(14-16-25)32-28-27(22-9-3-1-4-10-22)29(35)34(30(28)36)20-19-33-17-7-2-8-18-33/h1,3-6,9-16,32H,2,7-8,17-20H2. The molecule has 2 heterocycles. The van der Waals surface area contributed by atoms with Crippen molar-refractivity contribution in [2.24, 2.45) is 0 Å². The Morgan fingerprint density at radius 2 is 1.51 bits per heavy atom. The number of likely N-dealkylation sites (tertiary alicyclic amines) is 1. The van der Waals surface area contributed by atoms with Gasteiger partial charge < -0.3 is 15.0 Å². The molecule has 2 aliphatic rings. The first-order chi connectivity index (χ1) is 18.1. The van der Waals surface area contributed by atoms with E-state index >= 15 is 0 Å². The number of benzene rings is 3. The Kier molecular flexibility index (Phi) is 7.29. The van der Waals surface area contributed by atoms with Crippen LogP contribution in [0.25, 0.3) is 5.57 Å². The predicted molar refractivity (Wildman–Crippen MR) is 142 cm³/mol. The fourth-order valence-electron chi connectivity index (χ4n) is 4.72. The summed E-state index contributed by atoms with van der Waals surface area (Å²) < 4.78 is 5.86. The van der Waals surface area contributed by atoms with Crippen molar-refractivity contribution >= 4 is 23.1 Å². The van der Waals surface area contributed by atoms with Crippen LogP contribution in [0.4, 0.5) is 5.69 Å². The largest absolute Gasteiger partial charge is 0.456 e. The van der Waals surface area contributed by atoms with E-state index < -0.39 is 0 Å². The number of carbonyl (C=O) groups excluding carboxylic acids is 2. The zero-order chi connectivity index (χ0) is 25.6. The van der Waals surface area contributed by atoms with E-state index in [1.807, 2.05) is 36.4 Å². The molecule has 0 unspecified atom stereocenters. The van der Waals surface area contributed by atoms with E-state index in [-0.39, 0.29) is 17.5 Å². The Morgan fingerprint density at radius 3 is 2.24 bits per heavy atom. The van der Waals surface area contributed by atoms with Crippen molar-refractivity contribution in [2.45, 2.75) is 19.3 Å². The second-order valence-electron chi connectivity index (χ2n) is 9.14. The summed E-state index contributed by atoms with van der Waals surface area (Å²) in [5.41, 5.74) is 2.47. The molecular formula is C30H28N4O3. The maximum atomic E-state index is 13.5. The van der Waals surface area contributed by atoms with Crippen LogP contribution in [0, 0.1) is 11.3 Å². The molecule has 0 saturated carbocycles. The van der Waals surface area contributed by atoms with Crippen LogP contribution >= 0.6 is 0 Å². The van der Waals surface area contributed by atoms with Crippen molar-refractivity contribution in [3.8, 4) is 17.6 Å². The number of hydrogen-bond acceptors (Lipinski definition) is 6. The second kappa shape index (κ2) is 11.1. The molecule has 37 heavy (non-hydrogen) atoms. The van der Waals surface area contributed by atoms with Gasteiger partial charge in [0.2, 0.25) is 0 Å². The van der Waals surface area contributed by atoms with Crippen molar-refractivity contribution in [1.82, 2.24) is 9.80 Å². The molecule has 0 spiro atoms. The summed E-state index contributed by atoms with van der Waals surface area (Å²) in [7, 11) is 0. The highest BCUT2D eigenvalue weighted by molar-refractivity contribution is 6.36. The summed E-state index contributed by atoms with van der Waals surface area (Å²) in [4.78, 5) is 30.6. The number of ether oxygens (including phenoxy) is 1. The fourth-order valence-corrected chi connectivity index (χ4v) is 4.72. The summed E-state index contributed by atoms with van der Waals surface area (Å²) in [5, 5.41) is 12.5. The minimum Gasteiger partial charge on any atom is -0.456 e. The Hall–Kier alpha value is -4.41. The average molecular weight is 493 g/mol. The zero-order valence-electron chi connectivity index (χ0n) is 20.5. The van der Waals surface area contributed by atoms with Crippen LogP contribution in [-0.2, 0) is 9.59 Å². The van der Waals surface area contributed by atoms with Gasteiger partial charge in [-0.05, 0) is 67.9 Å². The van der Waals surface area contributed by atoms with Crippen LogP contribution in [-0.4, -0.2) is 47.8 Å². The minimum atomic E-state index is -0.316. The van der Waals surface area contributed by atoms with E-state index in [1.165, 1.54) is 11.3 Å². The summed E-state index contributed by atoms with van der Waals surface area (Å²) in [6.45, 7) is 3.06. The lowest BCUT2D eigenvalue weighted by molar-refractivity contribution is -0.137. The predicted octanol–water partition coefficient (Wildman–Crippen LogP) is 5.03. The molecule has 3 aromatic carbocycles. The number of nitriles is 1. The maximum absolute atomic E-state index is 13.5. The molecule has 0 atom stereocenters. The molecule has 2 aliphatic heterocycles. The fraction of sp³-hybridized carbons (Fsp3) is 0.233. The van der Waals surface area contributed by atoms with Gasteiger partial charge in [-0.1, -0.05) is 48.9 Å². The number of para-hydroxylation sites is 1. The molecule has 0 radical (unpaired) electrons. The summed E-state index contributed by atoms with van der Waals surface area (Å²) in [6.07, 6.45) is 3.55. The first-order valence-electron chi connectivity index (χ1n) is 12.6. The highest BCUT2D eigenvalue weighted by Crippen LogP contribution is 2.32. The van der Waals surface area contributed by atoms with E-state index in [1.54, 1.807) is 42.5 Å². The molecule has 1 N–H and O–H groups in total. The van der Waals surface area contributed by atoms with Crippen LogP contribution in [0.5, 0.6) is 11.5 Å². The molecule has 0 bridgehead atoms. The normalized spacial score (nSPS) is 16.1. The van der Waals surface area contributed by atoms with Gasteiger partial charge in [-0.15, -0.1) is 0 Å². The zero-order valence-corrected chi connectivity index (χ0v) is 20.5. The number of nitrogens with one attached hydrogen (secondary N) is 1. The van der Waals surface area contributed by atoms with Crippen molar-refractivity contribution in [2.75, 3.05) is 31.5 Å². The van der Waals surface area contributed by atoms with Gasteiger partial charge in [-0.3, -0.25) is 14.5 Å². The lowest BCUT2D eigenvalue weighted by Gasteiger charge is -2.28. The average Bonchev–Trinajstić information content (AvgIpc) is 3.18. The summed E-state index contributed by atoms with van der Waals surface area (Å²) in [5.74, 6) is 0.441. The molecule has 7 nitrogen and oxygen atoms in total. The summed E-state index contributed by atoms with van der Waals surface area (Å²) in [6, 6.07) is 25.5. The Balaban J connectivity index is 1.36. The van der Waals surface area contributed by atoms with E-state index in [0.29, 0.717) is 47.0 Å². The Morgan fingerprint density at radius 1 is 0.811 bits per heavy atom. The first kappa shape index (κ1) is 24.3. The number of amides is 2. The van der Waals surface area contributed by atoms with Crippen LogP contribution < -0.4 is 10.1 Å². The number of imide groups is 1. The van der Waals surface area contributed by atoms with Crippen LogP contribution in [0.3, 0.4) is 0 Å². The lowest BCUT2D eigenvalue weighted by Crippen LogP contribution is -2.41. The maximum Gasteiger partial charge on any atom is 0.278 e. The Bertz CT molecular complexity index is 1350. The Labute approximate surface area is 216 Å². The van der Waals surface area contributed by atoms with Crippen molar-refractivity contribution < 1.29 is 14.3 Å². The first-order valence-corrected chi connectivity index (χ1v) is 12.6. The van der Waals surface area contributed by atoms with E-state index in [4.69, 9.17) is 4.74 Å². The minimum absolute atomic E-state index is 0.274. The van der Waals surface area contributed by atoms with Gasteiger partial charge in [0.05, 0.1) is 11.1 Å².